The second kappa shape index (κ2) is 54.8. The molecular formula is C88H117N21O28S3. The number of nitrogens with zero attached hydrogens (tertiary/aromatic N) is 1. The van der Waals surface area contributed by atoms with Crippen molar-refractivity contribution in [3.63, 3.8) is 0 Å². The number of thioether (sulfide) groups is 3. The molecule has 140 heavy (non-hydrogen) atoms. The average Bonchev–Trinajstić information content (AvgIpc) is 1.80. The van der Waals surface area contributed by atoms with Gasteiger partial charge in [0.1, 0.15) is 90.3 Å². The molecule has 0 saturated carbocycles. The van der Waals surface area contributed by atoms with Crippen LogP contribution < -0.4 is 108 Å². The van der Waals surface area contributed by atoms with E-state index in [-0.39, 0.29) is 79.0 Å². The molecule has 0 spiro atoms. The third-order valence-electron chi connectivity index (χ3n) is 21.9. The minimum atomic E-state index is -2.52. The van der Waals surface area contributed by atoms with Gasteiger partial charge < -0.3 is 133 Å². The number of aliphatic carboxylic acids is 4. The summed E-state index contributed by atoms with van der Waals surface area (Å²) in [4.78, 5) is 327. The summed E-state index contributed by atoms with van der Waals surface area (Å²) in [6.45, 7) is 6.22. The number of carboxylic acid groups (broad SMARTS) is 4. The quantitative estimate of drug-likeness (QED) is 0.0415. The van der Waals surface area contributed by atoms with Crippen molar-refractivity contribution in [2.75, 3.05) is 73.8 Å². The van der Waals surface area contributed by atoms with E-state index in [9.17, 15) is 102 Å². The number of nitrogens with two attached hydrogens (primary N) is 3. The molecule has 0 aliphatic carbocycles. The number of hydrogen-bond acceptors (Lipinski definition) is 29. The van der Waals surface area contributed by atoms with Crippen LogP contribution in [0, 0.1) is 11.3 Å². The fourth-order valence-corrected chi connectivity index (χ4v) is 17.1. The van der Waals surface area contributed by atoms with E-state index in [1.807, 2.05) is 0 Å². The molecule has 3 aliphatic rings. The van der Waals surface area contributed by atoms with Crippen LogP contribution in [0.4, 0.5) is 0 Å². The number of fused-ring (bicyclic) bond motifs is 12. The lowest BCUT2D eigenvalue weighted by Gasteiger charge is -2.33. The van der Waals surface area contributed by atoms with Gasteiger partial charge in [-0.1, -0.05) is 106 Å². The molecule has 3 fully saturated rings. The van der Waals surface area contributed by atoms with Crippen LogP contribution >= 0.6 is 35.3 Å². The Labute approximate surface area is 813 Å². The highest BCUT2D eigenvalue weighted by Crippen LogP contribution is 2.25. The molecule has 2 unspecified atom stereocenters. The third kappa shape index (κ3) is 37.2. The van der Waals surface area contributed by atoms with Gasteiger partial charge in [0.25, 0.3) is 0 Å². The lowest BCUT2D eigenvalue weighted by atomic mass is 9.85. The largest absolute Gasteiger partial charge is 0.508 e. The van der Waals surface area contributed by atoms with Crippen LogP contribution in [0.15, 0.2) is 97.1 Å². The van der Waals surface area contributed by atoms with Crippen LogP contribution in [0.3, 0.4) is 0 Å². The van der Waals surface area contributed by atoms with Crippen LogP contribution in [0.2, 0.25) is 0 Å². The molecule has 4 aromatic carbocycles. The van der Waals surface area contributed by atoms with Gasteiger partial charge in [-0.25, -0.2) is 0 Å². The summed E-state index contributed by atoms with van der Waals surface area (Å²) in [5, 5.41) is 94.4. The number of amides is 19. The van der Waals surface area contributed by atoms with Crippen LogP contribution in [0.1, 0.15) is 89.8 Å². The lowest BCUT2D eigenvalue weighted by Crippen LogP contribution is -2.62. The predicted octanol–water partition coefficient (Wildman–Crippen LogP) is -8.07. The molecule has 28 N–H and O–H groups in total. The van der Waals surface area contributed by atoms with Crippen LogP contribution in [0.5, 0.6) is 5.75 Å². The highest BCUT2D eigenvalue weighted by molar-refractivity contribution is 8.00. The van der Waals surface area contributed by atoms with Crippen molar-refractivity contribution in [3.05, 3.63) is 114 Å². The number of rotatable bonds is 19. The number of nitrogens with one attached hydrogen (secondary N) is 17. The first-order valence-electron chi connectivity index (χ1n) is 44.1. The maximum atomic E-state index is 15.6. The van der Waals surface area contributed by atoms with Crippen molar-refractivity contribution < 1.29 is 136 Å². The minimum absolute atomic E-state index is 0.0257. The van der Waals surface area contributed by atoms with Crippen molar-refractivity contribution >= 4 is 182 Å². The number of carbonyl (C=O) groups is 23. The van der Waals surface area contributed by atoms with Crippen molar-refractivity contribution in [3.8, 4) is 5.75 Å². The normalized spacial score (nSPS) is 25.6. The summed E-state index contributed by atoms with van der Waals surface area (Å²) in [6, 6.07) is -5.36. The van der Waals surface area contributed by atoms with Crippen molar-refractivity contribution in [1.29, 1.82) is 0 Å². The molecule has 7 rings (SSSR count). The van der Waals surface area contributed by atoms with E-state index in [1.54, 1.807) is 41.3 Å². The van der Waals surface area contributed by atoms with E-state index >= 15 is 33.6 Å². The molecule has 19 amide bonds. The second-order valence-electron chi connectivity index (χ2n) is 34.2. The molecule has 4 bridgehead atoms. The van der Waals surface area contributed by atoms with Gasteiger partial charge in [0.05, 0.1) is 48.5 Å². The van der Waals surface area contributed by atoms with Gasteiger partial charge in [0, 0.05) is 82.2 Å². The zero-order valence-electron chi connectivity index (χ0n) is 76.9. The molecule has 0 aromatic heterocycles. The van der Waals surface area contributed by atoms with Crippen LogP contribution in [0.25, 0.3) is 10.8 Å². The maximum absolute atomic E-state index is 15.6. The summed E-state index contributed by atoms with van der Waals surface area (Å²) in [5.41, 5.74) is 16.5. The van der Waals surface area contributed by atoms with Crippen LogP contribution in [-0.4, -0.2) is 331 Å². The van der Waals surface area contributed by atoms with Gasteiger partial charge in [-0.15, -0.1) is 35.3 Å². The van der Waals surface area contributed by atoms with Gasteiger partial charge in [0.2, 0.25) is 112 Å². The van der Waals surface area contributed by atoms with Crippen molar-refractivity contribution in [2.45, 2.75) is 183 Å². The Morgan fingerprint density at radius 1 is 0.450 bits per heavy atom. The first-order chi connectivity index (χ1) is 66.1. The van der Waals surface area contributed by atoms with E-state index in [1.165, 1.54) is 88.4 Å². The number of carboxylic acids is 4. The monoisotopic (exact) mass is 2010 g/mol. The summed E-state index contributed by atoms with van der Waals surface area (Å²) in [7, 11) is 0. The van der Waals surface area contributed by atoms with Gasteiger partial charge >= 0.3 is 23.9 Å². The molecule has 17 atom stereocenters. The second-order valence-corrected chi connectivity index (χ2v) is 37.3. The first-order valence-corrected chi connectivity index (χ1v) is 47.6. The van der Waals surface area contributed by atoms with Crippen molar-refractivity contribution in [2.24, 2.45) is 28.5 Å². The Hall–Kier alpha value is -14.3. The van der Waals surface area contributed by atoms with Crippen molar-refractivity contribution in [1.82, 2.24) is 95.3 Å². The summed E-state index contributed by atoms with van der Waals surface area (Å²) in [5.74, 6) is -35.3. The van der Waals surface area contributed by atoms with E-state index in [0.29, 0.717) is 22.5 Å². The molecule has 4 aromatic rings. The minimum Gasteiger partial charge on any atom is -0.508 e. The zero-order chi connectivity index (χ0) is 103. The van der Waals surface area contributed by atoms with Gasteiger partial charge in [-0.2, -0.15) is 0 Å². The van der Waals surface area contributed by atoms with Gasteiger partial charge in [-0.3, -0.25) is 115 Å². The highest BCUT2D eigenvalue weighted by atomic mass is 32.2. The molecular weight excluding hydrogens is 1900 g/mol. The first kappa shape index (κ1) is 113. The standard InChI is InChI=1S/C88H117N21O28S3/c1-43(89)73(122)105-61-38-139-41-65(113)93-25-28-109-27-24-92-64(112)40-138-37-60(72(91)121)104-86(135)71(88(3,4)5)108-82(131)59(36-69(119)120)103-77(126)54(31-46-18-20-49(110)21-19-46)98-76(125)53(30-45-12-7-6-8-13-45)99-80(129)58(35-68(117)118)102-78(127)56-33-51(87(136)137)70(85(134)106-62(84(133)101-56)39-140-42-66(114)94-26-29-109)107-81(130)55(32-48-16-11-15-47-14-9-10-17-50(47)48)100-75(124)52(22-23-67(115)116)96-79(128)57(34-63(90)111)97-74(123)44(2)95-83(61)132/h6-21,43-44,51-62,70-71,110H,22-42,89H2,1-5H3,(H2,90,111)(H2,91,121)(H,92,112)(H,93,113)(H,94,114)(H,95,132)(H,96,128)(H,97,123)(H,98,125)(H,99,129)(H,100,124)(H,101,133)(H,102,127)(H,103,126)(H,104,135)(H,105,122)(H,106,134)(H,107,130)(H,108,131)(H,115,116)(H,117,118)(H,119,120)(H,136,137)/t43-,44+,51-,52-,53-,54-,55-,56-,57-,58-,59?,60-,61-,62-,70+,71+/m0/s1. The summed E-state index contributed by atoms with van der Waals surface area (Å²) in [6.07, 6.45) is -8.46. The van der Waals surface area contributed by atoms with Crippen LogP contribution in [-0.2, 0) is 130 Å². The topological polar surface area (TPSA) is 780 Å². The SMILES string of the molecule is C[C@H](N)C(=O)N[C@H]1CSCC(=O)NCCN2CCNC(=O)CSC[C@@H](C(N)=O)NC(=O)[C@H](C(C)(C)C)NC(=O)C(CC(=O)O)NC(=O)[C@H](Cc3ccc(O)cc3)NC(=O)[C@H](Cc3ccccc3)NC(=O)[C@H](CC(=O)O)NC(=O)[C@@H]3C[C@H](C(=O)O)[C@@H](NC(=O)[C@H](Cc4cccc5ccccc45)NC(=O)[C@H](CCC(=O)O)NC(=O)[C@H](CC(N)=O)NC(=O)[C@@H](C)NC1=O)C(=O)N[C@@H](CSCC(=O)NCC2)C(=O)N3. The maximum Gasteiger partial charge on any atom is 0.309 e. The Morgan fingerprint density at radius 2 is 0.900 bits per heavy atom. The van der Waals surface area contributed by atoms with Gasteiger partial charge in [-0.05, 0) is 71.7 Å². The number of carbonyl (C=O) groups excluding carboxylic acids is 19. The molecule has 3 saturated heterocycles. The summed E-state index contributed by atoms with van der Waals surface area (Å²) >= 11 is 2.29. The van der Waals surface area contributed by atoms with E-state index in [2.05, 4.69) is 90.4 Å². The van der Waals surface area contributed by atoms with E-state index in [4.69, 9.17) is 17.2 Å². The summed E-state index contributed by atoms with van der Waals surface area (Å²) < 4.78 is 0. The molecule has 760 valence electrons. The molecule has 0 radical (unpaired) electrons. The lowest BCUT2D eigenvalue weighted by molar-refractivity contribution is -0.147. The number of hydrogen-bond donors (Lipinski definition) is 25. The Kier molecular flexibility index (Phi) is 44.1. The number of aromatic hydroxyl groups is 1. The number of phenolic OH excluding ortho intramolecular Hbond substituents is 1. The molecule has 49 nitrogen and oxygen atoms in total. The Morgan fingerprint density at radius 3 is 1.43 bits per heavy atom. The fourth-order valence-electron chi connectivity index (χ4n) is 14.5. The zero-order valence-corrected chi connectivity index (χ0v) is 79.3. The van der Waals surface area contributed by atoms with E-state index < -0.39 is 313 Å². The smallest absolute Gasteiger partial charge is 0.309 e. The third-order valence-corrected chi connectivity index (χ3v) is 25.0. The number of phenols is 1. The highest BCUT2D eigenvalue weighted by Gasteiger charge is 2.46. The predicted molar refractivity (Wildman–Crippen MR) is 503 cm³/mol. The van der Waals surface area contributed by atoms with Gasteiger partial charge in [0.15, 0.2) is 0 Å². The van der Waals surface area contributed by atoms with E-state index in [0.717, 1.165) is 30.4 Å². The number of primary amides is 2. The molecule has 3 aliphatic heterocycles. The Bertz CT molecular complexity index is 5230. The number of benzene rings is 4. The molecule has 3 heterocycles. The fraction of sp³-hybridized carbons (Fsp3) is 0.489. The molecule has 52 heteroatoms. The average molecular weight is 2010 g/mol. The Balaban J connectivity index is 1.38.